The van der Waals surface area contributed by atoms with Crippen LogP contribution < -0.4 is 4.74 Å². The zero-order chi connectivity index (χ0) is 14.8. The Morgan fingerprint density at radius 2 is 2.29 bits per heavy atom. The Morgan fingerprint density at radius 1 is 1.43 bits per heavy atom. The first-order chi connectivity index (χ1) is 10.1. The molecule has 2 aromatic heterocycles. The van der Waals surface area contributed by atoms with Crippen LogP contribution in [-0.4, -0.2) is 45.1 Å². The van der Waals surface area contributed by atoms with Crippen molar-refractivity contribution in [3.05, 3.63) is 35.6 Å². The summed E-state index contributed by atoms with van der Waals surface area (Å²) in [6.07, 6.45) is 5.45. The highest BCUT2D eigenvalue weighted by atomic mass is 16.5. The van der Waals surface area contributed by atoms with E-state index in [9.17, 15) is 4.79 Å². The highest BCUT2D eigenvalue weighted by Crippen LogP contribution is 2.21. The van der Waals surface area contributed by atoms with E-state index >= 15 is 0 Å². The lowest BCUT2D eigenvalue weighted by molar-refractivity contribution is 0.0768. The molecule has 110 valence electrons. The van der Waals surface area contributed by atoms with Crippen LogP contribution in [0.15, 0.2) is 23.1 Å². The van der Waals surface area contributed by atoms with E-state index in [1.807, 2.05) is 0 Å². The Kier molecular flexibility index (Phi) is 3.55. The van der Waals surface area contributed by atoms with Gasteiger partial charge in [-0.05, 0) is 13.8 Å². The molecule has 1 fully saturated rings. The lowest BCUT2D eigenvalue weighted by Gasteiger charge is -2.16. The van der Waals surface area contributed by atoms with Gasteiger partial charge >= 0.3 is 0 Å². The average molecular weight is 288 g/mol. The van der Waals surface area contributed by atoms with Gasteiger partial charge in [-0.3, -0.25) is 9.78 Å². The molecule has 7 nitrogen and oxygen atoms in total. The fourth-order valence-electron chi connectivity index (χ4n) is 2.47. The van der Waals surface area contributed by atoms with E-state index < -0.39 is 0 Å². The van der Waals surface area contributed by atoms with Crippen LogP contribution in [0.2, 0.25) is 0 Å². The summed E-state index contributed by atoms with van der Waals surface area (Å²) >= 11 is 0. The van der Waals surface area contributed by atoms with Gasteiger partial charge in [-0.1, -0.05) is 5.16 Å². The van der Waals surface area contributed by atoms with Crippen molar-refractivity contribution in [2.24, 2.45) is 0 Å². The second-order valence-corrected chi connectivity index (χ2v) is 5.02. The molecule has 1 aliphatic rings. The summed E-state index contributed by atoms with van der Waals surface area (Å²) in [6.45, 7) is 4.69. The third kappa shape index (κ3) is 2.72. The van der Waals surface area contributed by atoms with Crippen LogP contribution in [0.4, 0.5) is 0 Å². The van der Waals surface area contributed by atoms with Crippen LogP contribution in [0.1, 0.15) is 28.2 Å². The van der Waals surface area contributed by atoms with Crippen LogP contribution in [0.3, 0.4) is 0 Å². The van der Waals surface area contributed by atoms with Gasteiger partial charge in [-0.25, -0.2) is 4.98 Å². The first-order valence-corrected chi connectivity index (χ1v) is 6.80. The number of carbonyl (C=O) groups is 1. The Morgan fingerprint density at radius 3 is 2.95 bits per heavy atom. The van der Waals surface area contributed by atoms with Gasteiger partial charge in [0.25, 0.3) is 5.91 Å². The van der Waals surface area contributed by atoms with Gasteiger partial charge in [-0.2, -0.15) is 0 Å². The molecule has 3 rings (SSSR count). The van der Waals surface area contributed by atoms with Gasteiger partial charge in [-0.15, -0.1) is 0 Å². The predicted molar refractivity (Wildman–Crippen MR) is 72.9 cm³/mol. The van der Waals surface area contributed by atoms with Gasteiger partial charge in [0.2, 0.25) is 5.88 Å². The zero-order valence-electron chi connectivity index (χ0n) is 11.9. The minimum Gasteiger partial charge on any atom is -0.471 e. The summed E-state index contributed by atoms with van der Waals surface area (Å²) in [4.78, 5) is 22.3. The van der Waals surface area contributed by atoms with Crippen molar-refractivity contribution in [1.82, 2.24) is 20.0 Å². The van der Waals surface area contributed by atoms with E-state index in [2.05, 4.69) is 15.1 Å². The average Bonchev–Trinajstić information content (AvgIpc) is 3.07. The second kappa shape index (κ2) is 5.51. The fourth-order valence-corrected chi connectivity index (χ4v) is 2.47. The number of nitrogens with zero attached hydrogens (tertiary/aromatic N) is 4. The first-order valence-electron chi connectivity index (χ1n) is 6.80. The van der Waals surface area contributed by atoms with Crippen molar-refractivity contribution in [3.8, 4) is 5.88 Å². The SMILES string of the molecule is Cc1noc(C)c1C(=O)N1CC[C@H](Oc2cnccn2)C1. The number of hydrogen-bond acceptors (Lipinski definition) is 6. The number of amides is 1. The molecule has 0 aliphatic carbocycles. The summed E-state index contributed by atoms with van der Waals surface area (Å²) in [5, 5.41) is 3.82. The van der Waals surface area contributed by atoms with Crippen molar-refractivity contribution in [3.63, 3.8) is 0 Å². The van der Waals surface area contributed by atoms with Gasteiger partial charge in [0.15, 0.2) is 0 Å². The van der Waals surface area contributed by atoms with E-state index in [0.717, 1.165) is 6.42 Å². The van der Waals surface area contributed by atoms with Crippen molar-refractivity contribution in [2.75, 3.05) is 13.1 Å². The molecule has 3 heterocycles. The lowest BCUT2D eigenvalue weighted by Crippen LogP contribution is -2.31. The lowest BCUT2D eigenvalue weighted by atomic mass is 10.2. The summed E-state index contributed by atoms with van der Waals surface area (Å²) < 4.78 is 10.8. The van der Waals surface area contributed by atoms with Gasteiger partial charge < -0.3 is 14.2 Å². The van der Waals surface area contributed by atoms with Crippen LogP contribution in [0.25, 0.3) is 0 Å². The minimum atomic E-state index is -0.0638. The third-order valence-electron chi connectivity index (χ3n) is 3.51. The Labute approximate surface area is 121 Å². The molecule has 0 saturated carbocycles. The fraction of sp³-hybridized carbons (Fsp3) is 0.429. The van der Waals surface area contributed by atoms with E-state index in [-0.39, 0.29) is 12.0 Å². The molecule has 0 unspecified atom stereocenters. The molecule has 0 aromatic carbocycles. The van der Waals surface area contributed by atoms with Crippen LogP contribution in [-0.2, 0) is 0 Å². The van der Waals surface area contributed by atoms with Gasteiger partial charge in [0.05, 0.1) is 18.4 Å². The summed E-state index contributed by atoms with van der Waals surface area (Å²) in [6, 6.07) is 0. The highest BCUT2D eigenvalue weighted by molar-refractivity contribution is 5.96. The number of ether oxygens (including phenoxy) is 1. The van der Waals surface area contributed by atoms with E-state index in [4.69, 9.17) is 9.26 Å². The van der Waals surface area contributed by atoms with E-state index in [1.54, 1.807) is 37.3 Å². The Hall–Kier alpha value is -2.44. The van der Waals surface area contributed by atoms with Gasteiger partial charge in [0.1, 0.15) is 17.4 Å². The number of rotatable bonds is 3. The molecule has 1 aliphatic heterocycles. The predicted octanol–water partition coefficient (Wildman–Crippen LogP) is 1.37. The van der Waals surface area contributed by atoms with Crippen molar-refractivity contribution in [2.45, 2.75) is 26.4 Å². The van der Waals surface area contributed by atoms with Crippen molar-refractivity contribution < 1.29 is 14.1 Å². The molecular weight excluding hydrogens is 272 g/mol. The Balaban J connectivity index is 1.66. The number of carbonyl (C=O) groups excluding carboxylic acids is 1. The van der Waals surface area contributed by atoms with Crippen molar-refractivity contribution in [1.29, 1.82) is 0 Å². The number of aryl methyl sites for hydroxylation is 2. The monoisotopic (exact) mass is 288 g/mol. The Bertz CT molecular complexity index is 621. The van der Waals surface area contributed by atoms with Gasteiger partial charge in [0, 0.05) is 25.4 Å². The maximum atomic E-state index is 12.5. The molecule has 2 aromatic rings. The molecule has 1 atom stereocenters. The molecule has 7 heteroatoms. The van der Waals surface area contributed by atoms with E-state index in [1.165, 1.54) is 0 Å². The zero-order valence-corrected chi connectivity index (χ0v) is 11.9. The standard InChI is InChI=1S/C14H16N4O3/c1-9-13(10(2)21-17-9)14(19)18-6-3-11(8-18)20-12-7-15-4-5-16-12/h4-5,7,11H,3,6,8H2,1-2H3/t11-/m0/s1. The maximum Gasteiger partial charge on any atom is 0.259 e. The highest BCUT2D eigenvalue weighted by Gasteiger charge is 2.31. The second-order valence-electron chi connectivity index (χ2n) is 5.02. The smallest absolute Gasteiger partial charge is 0.259 e. The number of hydrogen-bond donors (Lipinski definition) is 0. The molecular formula is C14H16N4O3. The van der Waals surface area contributed by atoms with E-state index in [0.29, 0.717) is 36.0 Å². The quantitative estimate of drug-likeness (QED) is 0.848. The molecule has 0 spiro atoms. The maximum absolute atomic E-state index is 12.5. The molecule has 21 heavy (non-hydrogen) atoms. The largest absolute Gasteiger partial charge is 0.471 e. The third-order valence-corrected chi connectivity index (χ3v) is 3.51. The number of aromatic nitrogens is 3. The van der Waals surface area contributed by atoms with Crippen LogP contribution >= 0.6 is 0 Å². The van der Waals surface area contributed by atoms with Crippen LogP contribution in [0, 0.1) is 13.8 Å². The number of likely N-dealkylation sites (tertiary alicyclic amines) is 1. The molecule has 0 radical (unpaired) electrons. The summed E-state index contributed by atoms with van der Waals surface area (Å²) in [7, 11) is 0. The van der Waals surface area contributed by atoms with Crippen molar-refractivity contribution >= 4 is 5.91 Å². The normalized spacial score (nSPS) is 18.0. The summed E-state index contributed by atoms with van der Waals surface area (Å²) in [5.41, 5.74) is 1.17. The molecule has 0 bridgehead atoms. The molecule has 0 N–H and O–H groups in total. The first kappa shape index (κ1) is 13.5. The topological polar surface area (TPSA) is 81.4 Å². The minimum absolute atomic E-state index is 0.0588. The summed E-state index contributed by atoms with van der Waals surface area (Å²) in [5.74, 6) is 0.974. The molecule has 1 saturated heterocycles. The van der Waals surface area contributed by atoms with Crippen LogP contribution in [0.5, 0.6) is 5.88 Å². The molecule has 1 amide bonds.